The summed E-state index contributed by atoms with van der Waals surface area (Å²) < 4.78 is 5.62. The zero-order chi connectivity index (χ0) is 11.5. The third kappa shape index (κ3) is 2.07. The Bertz CT molecular complexity index is 519. The molecule has 17 heavy (non-hydrogen) atoms. The number of rotatable bonds is 2. The van der Waals surface area contributed by atoms with Crippen LogP contribution in [-0.2, 0) is 4.74 Å². The summed E-state index contributed by atoms with van der Waals surface area (Å²) >= 11 is 0. The van der Waals surface area contributed by atoms with Crippen LogP contribution in [0, 0.1) is 6.07 Å². The minimum atomic E-state index is 0.111. The van der Waals surface area contributed by atoms with Crippen molar-refractivity contribution in [2.45, 2.75) is 6.04 Å². The fourth-order valence-corrected chi connectivity index (χ4v) is 1.89. The first kappa shape index (κ1) is 10.1. The van der Waals surface area contributed by atoms with Gasteiger partial charge in [0.1, 0.15) is 12.6 Å². The van der Waals surface area contributed by atoms with Crippen LogP contribution in [0.5, 0.6) is 0 Å². The maximum absolute atomic E-state index is 5.62. The summed E-state index contributed by atoms with van der Waals surface area (Å²) in [7, 11) is 0. The largest absolute Gasteiger partial charge is 0.475 e. The van der Waals surface area contributed by atoms with Gasteiger partial charge in [0.25, 0.3) is 0 Å². The lowest BCUT2D eigenvalue weighted by Gasteiger charge is -2.03. The number of benzene rings is 2. The van der Waals surface area contributed by atoms with Gasteiger partial charge in [-0.05, 0) is 17.7 Å². The van der Waals surface area contributed by atoms with Gasteiger partial charge in [-0.25, -0.2) is 4.99 Å². The number of aliphatic imine (C=N–C) groups is 1. The van der Waals surface area contributed by atoms with Gasteiger partial charge in [0.2, 0.25) is 5.90 Å². The molecule has 0 unspecified atom stereocenters. The highest BCUT2D eigenvalue weighted by Gasteiger charge is 2.21. The van der Waals surface area contributed by atoms with Crippen LogP contribution in [0.4, 0.5) is 0 Å². The van der Waals surface area contributed by atoms with E-state index in [2.05, 4.69) is 23.2 Å². The fourth-order valence-electron chi connectivity index (χ4n) is 1.89. The molecular formula is C15H12NO. The summed E-state index contributed by atoms with van der Waals surface area (Å²) in [6.45, 7) is 0.613. The van der Waals surface area contributed by atoms with Crippen molar-refractivity contribution < 1.29 is 4.74 Å². The molecule has 0 spiro atoms. The van der Waals surface area contributed by atoms with Crippen LogP contribution in [0.2, 0.25) is 0 Å². The number of hydrogen-bond donors (Lipinski definition) is 0. The number of ether oxygens (including phenoxy) is 1. The highest BCUT2D eigenvalue weighted by atomic mass is 16.5. The van der Waals surface area contributed by atoms with E-state index >= 15 is 0 Å². The van der Waals surface area contributed by atoms with Gasteiger partial charge in [-0.1, -0.05) is 48.5 Å². The summed E-state index contributed by atoms with van der Waals surface area (Å²) in [6.07, 6.45) is 0. The molecule has 1 heterocycles. The Morgan fingerprint density at radius 1 is 1.06 bits per heavy atom. The normalized spacial score (nSPS) is 18.6. The zero-order valence-corrected chi connectivity index (χ0v) is 9.34. The molecule has 0 aliphatic carbocycles. The van der Waals surface area contributed by atoms with Crippen LogP contribution in [0.25, 0.3) is 0 Å². The molecule has 0 aromatic heterocycles. The summed E-state index contributed by atoms with van der Waals surface area (Å²) in [4.78, 5) is 4.59. The van der Waals surface area contributed by atoms with Crippen molar-refractivity contribution in [3.8, 4) is 0 Å². The lowest BCUT2D eigenvalue weighted by atomic mass is 10.1. The zero-order valence-electron chi connectivity index (χ0n) is 9.34. The second kappa shape index (κ2) is 4.42. The predicted molar refractivity (Wildman–Crippen MR) is 67.0 cm³/mol. The highest BCUT2D eigenvalue weighted by molar-refractivity contribution is 5.94. The monoisotopic (exact) mass is 222 g/mol. The third-order valence-electron chi connectivity index (χ3n) is 2.77. The van der Waals surface area contributed by atoms with E-state index < -0.39 is 0 Å². The average Bonchev–Trinajstić information content (AvgIpc) is 2.90. The molecule has 2 aromatic rings. The van der Waals surface area contributed by atoms with E-state index in [9.17, 15) is 0 Å². The molecular weight excluding hydrogens is 210 g/mol. The molecule has 0 saturated heterocycles. The van der Waals surface area contributed by atoms with Gasteiger partial charge in [-0.2, -0.15) is 0 Å². The maximum Gasteiger partial charge on any atom is 0.217 e. The Kier molecular flexibility index (Phi) is 2.62. The highest BCUT2D eigenvalue weighted by Crippen LogP contribution is 2.24. The van der Waals surface area contributed by atoms with Crippen molar-refractivity contribution >= 4 is 5.90 Å². The van der Waals surface area contributed by atoms with Gasteiger partial charge in [0.15, 0.2) is 0 Å². The molecule has 1 aliphatic rings. The Morgan fingerprint density at radius 3 is 2.65 bits per heavy atom. The molecule has 1 aliphatic heterocycles. The van der Waals surface area contributed by atoms with Gasteiger partial charge in [-0.15, -0.1) is 0 Å². The van der Waals surface area contributed by atoms with Crippen LogP contribution < -0.4 is 0 Å². The van der Waals surface area contributed by atoms with Gasteiger partial charge >= 0.3 is 0 Å². The van der Waals surface area contributed by atoms with Crippen molar-refractivity contribution in [1.82, 2.24) is 0 Å². The van der Waals surface area contributed by atoms with E-state index in [1.807, 2.05) is 42.5 Å². The fraction of sp³-hybridized carbons (Fsp3) is 0.133. The van der Waals surface area contributed by atoms with E-state index in [1.54, 1.807) is 0 Å². The van der Waals surface area contributed by atoms with Gasteiger partial charge in [-0.3, -0.25) is 0 Å². The van der Waals surface area contributed by atoms with E-state index in [0.717, 1.165) is 5.56 Å². The molecule has 2 heteroatoms. The minimum Gasteiger partial charge on any atom is -0.475 e. The maximum atomic E-state index is 5.62. The molecule has 83 valence electrons. The molecule has 1 atom stereocenters. The average molecular weight is 222 g/mol. The molecule has 2 nitrogen and oxygen atoms in total. The predicted octanol–water partition coefficient (Wildman–Crippen LogP) is 3.00. The molecule has 0 fully saturated rings. The van der Waals surface area contributed by atoms with Crippen LogP contribution >= 0.6 is 0 Å². The van der Waals surface area contributed by atoms with Gasteiger partial charge in [0, 0.05) is 5.56 Å². The van der Waals surface area contributed by atoms with Crippen molar-refractivity contribution in [3.05, 3.63) is 71.8 Å². The Balaban J connectivity index is 1.87. The molecule has 2 aromatic carbocycles. The Hall–Kier alpha value is -2.09. The molecule has 0 saturated carbocycles. The molecule has 0 N–H and O–H groups in total. The molecule has 1 radical (unpaired) electrons. The summed E-state index contributed by atoms with van der Waals surface area (Å²) in [5.74, 6) is 0.694. The quantitative estimate of drug-likeness (QED) is 0.765. The summed E-state index contributed by atoms with van der Waals surface area (Å²) in [5, 5.41) is 0. The van der Waals surface area contributed by atoms with E-state index in [1.165, 1.54) is 5.56 Å². The SMILES string of the molecule is [c]1ccccc1C1=N[C@H](c2ccccc2)CO1. The smallest absolute Gasteiger partial charge is 0.217 e. The Labute approximate surface area is 101 Å². The van der Waals surface area contributed by atoms with Gasteiger partial charge < -0.3 is 4.74 Å². The standard InChI is InChI=1S/C15H12NO/c1-3-7-12(8-4-1)14-11-17-15(16-14)13-9-5-2-6-10-13/h1-9,14H,11H2/t14-/m0/s1. The van der Waals surface area contributed by atoms with Crippen LogP contribution in [-0.4, -0.2) is 12.5 Å². The van der Waals surface area contributed by atoms with Crippen molar-refractivity contribution in [3.63, 3.8) is 0 Å². The van der Waals surface area contributed by atoms with Crippen LogP contribution in [0.1, 0.15) is 17.2 Å². The first-order valence-electron chi connectivity index (χ1n) is 5.66. The van der Waals surface area contributed by atoms with Crippen LogP contribution in [0.3, 0.4) is 0 Å². The first-order valence-corrected chi connectivity index (χ1v) is 5.66. The van der Waals surface area contributed by atoms with E-state index in [4.69, 9.17) is 4.74 Å². The van der Waals surface area contributed by atoms with Crippen molar-refractivity contribution in [2.24, 2.45) is 4.99 Å². The first-order chi connectivity index (χ1) is 8.43. The van der Waals surface area contributed by atoms with E-state index in [-0.39, 0.29) is 6.04 Å². The summed E-state index contributed by atoms with van der Waals surface area (Å²) in [5.41, 5.74) is 2.12. The Morgan fingerprint density at radius 2 is 1.88 bits per heavy atom. The van der Waals surface area contributed by atoms with Crippen molar-refractivity contribution in [1.29, 1.82) is 0 Å². The lowest BCUT2D eigenvalue weighted by molar-refractivity contribution is 0.320. The number of hydrogen-bond acceptors (Lipinski definition) is 2. The minimum absolute atomic E-state index is 0.111. The third-order valence-corrected chi connectivity index (χ3v) is 2.77. The van der Waals surface area contributed by atoms with Crippen molar-refractivity contribution in [2.75, 3.05) is 6.61 Å². The topological polar surface area (TPSA) is 21.6 Å². The van der Waals surface area contributed by atoms with E-state index in [0.29, 0.717) is 12.5 Å². The molecule has 0 bridgehead atoms. The van der Waals surface area contributed by atoms with Gasteiger partial charge in [0.05, 0.1) is 0 Å². The summed E-state index contributed by atoms with van der Waals surface area (Å²) in [6, 6.07) is 21.2. The van der Waals surface area contributed by atoms with Crippen LogP contribution in [0.15, 0.2) is 59.6 Å². The molecule has 0 amide bonds. The molecule has 3 rings (SSSR count). The number of nitrogens with zero attached hydrogens (tertiary/aromatic N) is 1. The second-order valence-corrected chi connectivity index (χ2v) is 3.95. The lowest BCUT2D eigenvalue weighted by Crippen LogP contribution is -2.00. The second-order valence-electron chi connectivity index (χ2n) is 3.95.